The number of benzene rings is 4. The summed E-state index contributed by atoms with van der Waals surface area (Å²) < 4.78 is 13.9. The van der Waals surface area contributed by atoms with Gasteiger partial charge in [-0.1, -0.05) is 84.9 Å². The van der Waals surface area contributed by atoms with E-state index in [1.165, 1.54) is 32.1 Å². The smallest absolute Gasteiger partial charge is 0.217 e. The number of primary amides is 1. The Hall–Kier alpha value is -4.04. The average molecular weight is 742 g/mol. The first-order chi connectivity index (χ1) is 25.2. The number of fused-ring (bicyclic) bond motifs is 1. The Morgan fingerprint density at radius 3 is 2.46 bits per heavy atom. The van der Waals surface area contributed by atoms with Crippen LogP contribution in [0.2, 0.25) is 10.0 Å². The first-order valence-corrected chi connectivity index (χ1v) is 19.3. The third-order valence-electron chi connectivity index (χ3n) is 10.3. The van der Waals surface area contributed by atoms with E-state index in [4.69, 9.17) is 43.5 Å². The number of nitrogens with two attached hydrogens (primary N) is 1. The van der Waals surface area contributed by atoms with Crippen molar-refractivity contribution < 1.29 is 14.3 Å². The first kappa shape index (κ1) is 37.7. The topological polar surface area (TPSA) is 82.6 Å². The van der Waals surface area contributed by atoms with E-state index in [-0.39, 0.29) is 5.91 Å². The fourth-order valence-corrected chi connectivity index (χ4v) is 8.24. The van der Waals surface area contributed by atoms with Gasteiger partial charge >= 0.3 is 0 Å². The molecule has 52 heavy (non-hydrogen) atoms. The van der Waals surface area contributed by atoms with Gasteiger partial charge in [-0.05, 0) is 98.5 Å². The van der Waals surface area contributed by atoms with E-state index in [2.05, 4.69) is 54.4 Å². The summed E-state index contributed by atoms with van der Waals surface area (Å²) in [6, 6.07) is 22.7. The normalized spacial score (nSPS) is 13.6. The van der Waals surface area contributed by atoms with Gasteiger partial charge in [-0.15, -0.1) is 0 Å². The molecule has 1 fully saturated rings. The third-order valence-corrected chi connectivity index (χ3v) is 11.0. The van der Waals surface area contributed by atoms with Crippen LogP contribution < -0.4 is 15.2 Å². The summed E-state index contributed by atoms with van der Waals surface area (Å²) in [5.74, 6) is 2.18. The van der Waals surface area contributed by atoms with Gasteiger partial charge in [0.05, 0.1) is 37.0 Å². The molecule has 0 aliphatic heterocycles. The van der Waals surface area contributed by atoms with Crippen LogP contribution in [0.15, 0.2) is 72.9 Å². The molecule has 0 bridgehead atoms. The minimum absolute atomic E-state index is 0.270. The molecule has 1 aromatic heterocycles. The highest BCUT2D eigenvalue weighted by atomic mass is 35.5. The summed E-state index contributed by atoms with van der Waals surface area (Å²) in [5.41, 5.74) is 13.3. The number of amides is 1. The van der Waals surface area contributed by atoms with Gasteiger partial charge in [0.25, 0.3) is 0 Å². The average Bonchev–Trinajstić information content (AvgIpc) is 3.55. The third kappa shape index (κ3) is 8.94. The van der Waals surface area contributed by atoms with E-state index in [1.807, 2.05) is 42.1 Å². The van der Waals surface area contributed by atoms with Crippen molar-refractivity contribution in [3.8, 4) is 33.8 Å². The second-order valence-electron chi connectivity index (χ2n) is 14.1. The number of unbranched alkanes of at least 4 members (excludes halogenated alkanes) is 1. The molecule has 6 rings (SSSR count). The van der Waals surface area contributed by atoms with Crippen molar-refractivity contribution in [3.05, 3.63) is 99.7 Å². The molecule has 2 N–H and O–H groups in total. The van der Waals surface area contributed by atoms with Crippen molar-refractivity contribution >= 4 is 40.0 Å². The van der Waals surface area contributed by atoms with E-state index in [9.17, 15) is 4.79 Å². The molecule has 4 aromatic carbocycles. The number of ether oxygens (including phenoxy) is 2. The lowest BCUT2D eigenvalue weighted by Gasteiger charge is -2.27. The lowest BCUT2D eigenvalue weighted by molar-refractivity contribution is -0.118. The molecular weight excluding hydrogens is 691 g/mol. The highest BCUT2D eigenvalue weighted by Crippen LogP contribution is 2.41. The van der Waals surface area contributed by atoms with Gasteiger partial charge in [0, 0.05) is 46.6 Å². The SMILES string of the molecule is CCOc1cc(Cn2ncc3c(-c4cccc(-c5ccc(CCCCC(N)=O)c(OC)c5)c4Cl)cccc32)c(Cl)cc1CN(C)CC1CCCCC1. The summed E-state index contributed by atoms with van der Waals surface area (Å²) >= 11 is 14.2. The van der Waals surface area contributed by atoms with Gasteiger partial charge in [-0.2, -0.15) is 5.10 Å². The summed E-state index contributed by atoms with van der Waals surface area (Å²) in [7, 11) is 3.88. The Morgan fingerprint density at radius 1 is 0.923 bits per heavy atom. The molecule has 274 valence electrons. The molecule has 1 aliphatic carbocycles. The molecule has 0 unspecified atom stereocenters. The molecule has 1 aliphatic rings. The number of hydrogen-bond donors (Lipinski definition) is 1. The minimum atomic E-state index is -0.270. The number of nitrogens with zero attached hydrogens (tertiary/aromatic N) is 3. The van der Waals surface area contributed by atoms with Gasteiger partial charge in [-0.3, -0.25) is 9.48 Å². The van der Waals surface area contributed by atoms with E-state index in [0.29, 0.717) is 29.6 Å². The van der Waals surface area contributed by atoms with Gasteiger partial charge in [0.2, 0.25) is 5.91 Å². The Balaban J connectivity index is 1.24. The van der Waals surface area contributed by atoms with E-state index >= 15 is 0 Å². The van der Waals surface area contributed by atoms with Crippen LogP contribution in [0.4, 0.5) is 0 Å². The van der Waals surface area contributed by atoms with Crippen LogP contribution in [0.25, 0.3) is 33.2 Å². The fraction of sp³-hybridized carbons (Fsp3) is 0.395. The highest BCUT2D eigenvalue weighted by molar-refractivity contribution is 6.36. The van der Waals surface area contributed by atoms with Crippen molar-refractivity contribution in [1.82, 2.24) is 14.7 Å². The van der Waals surface area contributed by atoms with Gasteiger partial charge in [0.15, 0.2) is 0 Å². The van der Waals surface area contributed by atoms with Crippen molar-refractivity contribution in [3.63, 3.8) is 0 Å². The van der Waals surface area contributed by atoms with E-state index in [0.717, 1.165) is 99.6 Å². The summed E-state index contributed by atoms with van der Waals surface area (Å²) in [5, 5.41) is 7.22. The first-order valence-electron chi connectivity index (χ1n) is 18.6. The number of aromatic nitrogens is 2. The summed E-state index contributed by atoms with van der Waals surface area (Å²) in [6.45, 7) is 5.01. The zero-order chi connectivity index (χ0) is 36.6. The van der Waals surface area contributed by atoms with Crippen LogP contribution in [-0.4, -0.2) is 47.9 Å². The second-order valence-corrected chi connectivity index (χ2v) is 14.9. The molecule has 7 nitrogen and oxygen atoms in total. The van der Waals surface area contributed by atoms with Crippen LogP contribution in [0.5, 0.6) is 11.5 Å². The Bertz CT molecular complexity index is 2000. The Morgan fingerprint density at radius 2 is 1.69 bits per heavy atom. The molecule has 5 aromatic rings. The van der Waals surface area contributed by atoms with E-state index in [1.54, 1.807) is 7.11 Å². The Kier molecular flexibility index (Phi) is 12.8. The molecule has 1 saturated carbocycles. The van der Waals surface area contributed by atoms with Crippen molar-refractivity contribution in [1.29, 1.82) is 0 Å². The maximum atomic E-state index is 11.1. The molecule has 0 atom stereocenters. The van der Waals surface area contributed by atoms with Gasteiger partial charge < -0.3 is 20.1 Å². The van der Waals surface area contributed by atoms with Crippen molar-refractivity contribution in [2.45, 2.75) is 77.8 Å². The van der Waals surface area contributed by atoms with Crippen LogP contribution in [0.1, 0.15) is 75.0 Å². The van der Waals surface area contributed by atoms with Gasteiger partial charge in [-0.25, -0.2) is 0 Å². The summed E-state index contributed by atoms with van der Waals surface area (Å²) in [6.07, 6.45) is 11.4. The molecule has 9 heteroatoms. The molecule has 0 saturated heterocycles. The number of methoxy groups -OCH3 is 1. The molecular formula is C43H50Cl2N4O3. The predicted octanol–water partition coefficient (Wildman–Crippen LogP) is 10.3. The zero-order valence-corrected chi connectivity index (χ0v) is 32.1. The van der Waals surface area contributed by atoms with Crippen LogP contribution in [-0.2, 0) is 24.3 Å². The molecule has 0 radical (unpaired) electrons. The maximum Gasteiger partial charge on any atom is 0.217 e. The lowest BCUT2D eigenvalue weighted by Crippen LogP contribution is -2.27. The predicted molar refractivity (Wildman–Crippen MR) is 214 cm³/mol. The number of aryl methyl sites for hydroxylation is 1. The molecule has 0 spiro atoms. The second kappa shape index (κ2) is 17.7. The highest BCUT2D eigenvalue weighted by Gasteiger charge is 2.20. The number of rotatable bonds is 16. The minimum Gasteiger partial charge on any atom is -0.496 e. The number of carbonyl (C=O) groups excluding carboxylic acids is 1. The molecule has 1 amide bonds. The quantitative estimate of drug-likeness (QED) is 0.102. The largest absolute Gasteiger partial charge is 0.496 e. The van der Waals surface area contributed by atoms with Gasteiger partial charge in [0.1, 0.15) is 11.5 Å². The molecule has 1 heterocycles. The van der Waals surface area contributed by atoms with Crippen molar-refractivity contribution in [2.75, 3.05) is 27.3 Å². The van der Waals surface area contributed by atoms with Crippen LogP contribution in [0, 0.1) is 5.92 Å². The maximum absolute atomic E-state index is 11.1. The standard InChI is InChI=1S/C43H50Cl2N4O3/c1-4-52-41-24-32(38(44)22-33(41)27-48(2)26-29-12-6-5-7-13-29)28-49-39-18-11-16-35(37(39)25-47-49)36-17-10-15-34(43(36)45)31-21-20-30(40(23-31)51-3)14-8-9-19-42(46)50/h10-11,15-18,20-25,29H,4-9,12-14,19,26-28H2,1-3H3,(H2,46,50). The number of halogens is 2. The van der Waals surface area contributed by atoms with Crippen LogP contribution in [0.3, 0.4) is 0 Å². The van der Waals surface area contributed by atoms with E-state index < -0.39 is 0 Å². The van der Waals surface area contributed by atoms with Crippen molar-refractivity contribution in [2.24, 2.45) is 11.7 Å². The number of carbonyl (C=O) groups is 1. The summed E-state index contributed by atoms with van der Waals surface area (Å²) in [4.78, 5) is 13.6. The number of hydrogen-bond acceptors (Lipinski definition) is 5. The Labute approximate surface area is 318 Å². The lowest BCUT2D eigenvalue weighted by atomic mass is 9.89. The van der Waals surface area contributed by atoms with Crippen LogP contribution >= 0.6 is 23.2 Å². The zero-order valence-electron chi connectivity index (χ0n) is 30.6. The fourth-order valence-electron chi connectivity index (χ4n) is 7.66. The monoisotopic (exact) mass is 740 g/mol.